The van der Waals surface area contributed by atoms with Gasteiger partial charge in [0.15, 0.2) is 17.3 Å². The first kappa shape index (κ1) is 22.4. The predicted molar refractivity (Wildman–Crippen MR) is 123 cm³/mol. The van der Waals surface area contributed by atoms with Gasteiger partial charge in [0.1, 0.15) is 17.9 Å². The number of hydrogen-bond donors (Lipinski definition) is 1. The molecule has 0 fully saturated rings. The number of carbonyl (C=O) groups is 1. The minimum Gasteiger partial charge on any atom is -0.494 e. The van der Waals surface area contributed by atoms with Crippen molar-refractivity contribution in [3.05, 3.63) is 64.8 Å². The topological polar surface area (TPSA) is 82.3 Å². The predicted octanol–water partition coefficient (Wildman–Crippen LogP) is 5.32. The largest absolute Gasteiger partial charge is 0.494 e. The van der Waals surface area contributed by atoms with Gasteiger partial charge in [0.25, 0.3) is 0 Å². The first-order valence-electron chi connectivity index (χ1n) is 9.75. The molecular formula is C23H23BrN2O5. The Bertz CT molecular complexity index is 1110. The van der Waals surface area contributed by atoms with Gasteiger partial charge in [-0.15, -0.1) is 0 Å². The molecule has 7 nitrogen and oxygen atoms in total. The summed E-state index contributed by atoms with van der Waals surface area (Å²) >= 11 is 3.48. The second-order valence-electron chi connectivity index (χ2n) is 6.30. The molecule has 0 unspecified atom stereocenters. The number of rotatable bonds is 10. The molecule has 1 amide bonds. The molecule has 0 saturated heterocycles. The summed E-state index contributed by atoms with van der Waals surface area (Å²) in [5, 5.41) is 4.81. The normalized spacial score (nSPS) is 10.9. The maximum atomic E-state index is 12.4. The first-order valence-corrected chi connectivity index (χ1v) is 10.5. The van der Waals surface area contributed by atoms with Gasteiger partial charge in [0, 0.05) is 15.4 Å². The van der Waals surface area contributed by atoms with Crippen molar-refractivity contribution in [2.75, 3.05) is 19.8 Å². The van der Waals surface area contributed by atoms with E-state index in [1.807, 2.05) is 19.9 Å². The molecule has 8 heteroatoms. The fraction of sp³-hybridized carbons (Fsp3) is 0.217. The van der Waals surface area contributed by atoms with Crippen molar-refractivity contribution in [2.24, 2.45) is 5.10 Å². The number of fused-ring (bicyclic) bond motifs is 1. The van der Waals surface area contributed by atoms with Crippen molar-refractivity contribution in [2.45, 2.75) is 13.8 Å². The van der Waals surface area contributed by atoms with E-state index in [1.165, 1.54) is 6.21 Å². The summed E-state index contributed by atoms with van der Waals surface area (Å²) in [4.78, 5) is 12.4. The number of benzene rings is 2. The number of nitrogens with one attached hydrogen (secondary N) is 1. The summed E-state index contributed by atoms with van der Waals surface area (Å²) in [6.07, 6.45) is 3.17. The minimum absolute atomic E-state index is 0.156. The third-order valence-electron chi connectivity index (χ3n) is 4.11. The zero-order chi connectivity index (χ0) is 22.2. The van der Waals surface area contributed by atoms with Crippen LogP contribution in [-0.4, -0.2) is 31.9 Å². The summed E-state index contributed by atoms with van der Waals surface area (Å²) in [5.74, 6) is 1.57. The molecule has 162 valence electrons. The number of furan rings is 1. The Morgan fingerprint density at radius 1 is 1.13 bits per heavy atom. The molecule has 0 aliphatic heterocycles. The molecule has 0 saturated carbocycles. The van der Waals surface area contributed by atoms with E-state index in [1.54, 1.807) is 36.4 Å². The standard InChI is InChI=1S/C23H23BrN2O5/c1-4-9-30-21-13-18(24)16(12-20(21)29-6-3)14-25-26-23(27)22-11-15-10-17(28-5-2)7-8-19(15)31-22/h4,7-8,10-14H,1,5-6,9H2,2-3H3,(H,26,27)/b25-14+. The van der Waals surface area contributed by atoms with Gasteiger partial charge in [0.05, 0.1) is 19.4 Å². The van der Waals surface area contributed by atoms with Crippen LogP contribution in [0.4, 0.5) is 0 Å². The van der Waals surface area contributed by atoms with Crippen molar-refractivity contribution in [3.63, 3.8) is 0 Å². The molecule has 1 N–H and O–H groups in total. The molecule has 0 radical (unpaired) electrons. The van der Waals surface area contributed by atoms with Gasteiger partial charge in [-0.1, -0.05) is 12.7 Å². The number of carbonyl (C=O) groups excluding carboxylic acids is 1. The number of halogens is 1. The number of ether oxygens (including phenoxy) is 3. The first-order chi connectivity index (χ1) is 15.0. The molecule has 0 bridgehead atoms. The highest BCUT2D eigenvalue weighted by Gasteiger charge is 2.13. The molecule has 31 heavy (non-hydrogen) atoms. The maximum absolute atomic E-state index is 12.4. The second-order valence-corrected chi connectivity index (χ2v) is 7.15. The lowest BCUT2D eigenvalue weighted by Gasteiger charge is -2.12. The zero-order valence-corrected chi connectivity index (χ0v) is 18.9. The minimum atomic E-state index is -0.461. The second kappa shape index (κ2) is 10.7. The molecule has 3 rings (SSSR count). The smallest absolute Gasteiger partial charge is 0.307 e. The lowest BCUT2D eigenvalue weighted by Crippen LogP contribution is -2.16. The summed E-state index contributed by atoms with van der Waals surface area (Å²) < 4.78 is 23.1. The highest BCUT2D eigenvalue weighted by molar-refractivity contribution is 9.10. The van der Waals surface area contributed by atoms with Crippen LogP contribution in [-0.2, 0) is 0 Å². The van der Waals surface area contributed by atoms with Crippen LogP contribution < -0.4 is 19.6 Å². The Morgan fingerprint density at radius 3 is 2.65 bits per heavy atom. The third kappa shape index (κ3) is 5.67. The van der Waals surface area contributed by atoms with Crippen molar-refractivity contribution < 1.29 is 23.4 Å². The van der Waals surface area contributed by atoms with Gasteiger partial charge in [-0.2, -0.15) is 5.10 Å². The molecule has 1 aromatic heterocycles. The molecule has 0 aliphatic carbocycles. The monoisotopic (exact) mass is 486 g/mol. The van der Waals surface area contributed by atoms with Crippen molar-refractivity contribution in [1.82, 2.24) is 5.43 Å². The summed E-state index contributed by atoms with van der Waals surface area (Å²) in [6.45, 7) is 8.85. The van der Waals surface area contributed by atoms with Crippen LogP contribution in [0, 0.1) is 0 Å². The Hall–Kier alpha value is -3.26. The van der Waals surface area contributed by atoms with E-state index in [9.17, 15) is 4.79 Å². The van der Waals surface area contributed by atoms with E-state index >= 15 is 0 Å². The maximum Gasteiger partial charge on any atom is 0.307 e. The van der Waals surface area contributed by atoms with Crippen LogP contribution >= 0.6 is 15.9 Å². The van der Waals surface area contributed by atoms with Gasteiger partial charge in [-0.05, 0) is 66.2 Å². The van der Waals surface area contributed by atoms with E-state index in [-0.39, 0.29) is 5.76 Å². The van der Waals surface area contributed by atoms with Crippen LogP contribution in [0.1, 0.15) is 30.0 Å². The number of hydrazone groups is 1. The fourth-order valence-electron chi connectivity index (χ4n) is 2.78. The van der Waals surface area contributed by atoms with Crippen molar-refractivity contribution in [3.8, 4) is 17.2 Å². The lowest BCUT2D eigenvalue weighted by atomic mass is 10.2. The molecule has 0 spiro atoms. The Balaban J connectivity index is 1.73. The number of amides is 1. The van der Waals surface area contributed by atoms with Gasteiger partial charge >= 0.3 is 5.91 Å². The molecule has 3 aromatic rings. The van der Waals surface area contributed by atoms with Gasteiger partial charge in [0.2, 0.25) is 0 Å². The van der Waals surface area contributed by atoms with Gasteiger partial charge in [-0.3, -0.25) is 4.79 Å². The molecular weight excluding hydrogens is 464 g/mol. The third-order valence-corrected chi connectivity index (χ3v) is 4.80. The van der Waals surface area contributed by atoms with E-state index in [0.717, 1.165) is 15.6 Å². The van der Waals surface area contributed by atoms with Gasteiger partial charge < -0.3 is 18.6 Å². The average Bonchev–Trinajstić information content (AvgIpc) is 3.18. The van der Waals surface area contributed by atoms with Crippen LogP contribution in [0.2, 0.25) is 0 Å². The van der Waals surface area contributed by atoms with E-state index < -0.39 is 5.91 Å². The fourth-order valence-corrected chi connectivity index (χ4v) is 3.21. The molecule has 2 aromatic carbocycles. The number of hydrogen-bond acceptors (Lipinski definition) is 6. The van der Waals surface area contributed by atoms with Gasteiger partial charge in [-0.25, -0.2) is 5.43 Å². The summed E-state index contributed by atoms with van der Waals surface area (Å²) in [7, 11) is 0. The van der Waals surface area contributed by atoms with Crippen molar-refractivity contribution >= 4 is 39.0 Å². The molecule has 0 atom stereocenters. The van der Waals surface area contributed by atoms with Crippen LogP contribution in [0.5, 0.6) is 17.2 Å². The van der Waals surface area contributed by atoms with Crippen LogP contribution in [0.15, 0.2) is 63.0 Å². The summed E-state index contributed by atoms with van der Waals surface area (Å²) in [6, 6.07) is 10.6. The number of nitrogens with zero attached hydrogens (tertiary/aromatic N) is 1. The quantitative estimate of drug-likeness (QED) is 0.238. The highest BCUT2D eigenvalue weighted by atomic mass is 79.9. The lowest BCUT2D eigenvalue weighted by molar-refractivity contribution is 0.0929. The van der Waals surface area contributed by atoms with E-state index in [4.69, 9.17) is 18.6 Å². The SMILES string of the molecule is C=CCOc1cc(Br)c(/C=N/NC(=O)c2cc3cc(OCC)ccc3o2)cc1OCC. The van der Waals surface area contributed by atoms with Crippen LogP contribution in [0.25, 0.3) is 11.0 Å². The van der Waals surface area contributed by atoms with E-state index in [0.29, 0.717) is 42.5 Å². The Kier molecular flexibility index (Phi) is 7.72. The summed E-state index contributed by atoms with van der Waals surface area (Å²) in [5.41, 5.74) is 3.78. The molecule has 1 heterocycles. The average molecular weight is 487 g/mol. The van der Waals surface area contributed by atoms with Crippen LogP contribution in [0.3, 0.4) is 0 Å². The molecule has 0 aliphatic rings. The highest BCUT2D eigenvalue weighted by Crippen LogP contribution is 2.33. The Labute approximate surface area is 188 Å². The zero-order valence-electron chi connectivity index (χ0n) is 17.3. The Morgan fingerprint density at radius 2 is 1.90 bits per heavy atom. The van der Waals surface area contributed by atoms with Crippen molar-refractivity contribution in [1.29, 1.82) is 0 Å². The van der Waals surface area contributed by atoms with E-state index in [2.05, 4.69) is 33.0 Å².